The van der Waals surface area contributed by atoms with Gasteiger partial charge in [0.15, 0.2) is 0 Å². The summed E-state index contributed by atoms with van der Waals surface area (Å²) in [7, 11) is 0. The molecule has 4 aromatic carbocycles. The fourth-order valence-electron chi connectivity index (χ4n) is 3.90. The summed E-state index contributed by atoms with van der Waals surface area (Å²) in [6.45, 7) is 3.98. The molecule has 0 aliphatic heterocycles. The second-order valence-corrected chi connectivity index (χ2v) is 8.59. The fourth-order valence-corrected chi connectivity index (χ4v) is 3.90. The second kappa shape index (κ2) is 10.7. The van der Waals surface area contributed by atoms with Crippen LogP contribution in [0.3, 0.4) is 0 Å². The van der Waals surface area contributed by atoms with Gasteiger partial charge in [-0.3, -0.25) is 30.6 Å². The molecule has 0 heterocycles. The zero-order valence-corrected chi connectivity index (χ0v) is 19.9. The van der Waals surface area contributed by atoms with Gasteiger partial charge in [-0.2, -0.15) is 0 Å². The number of nitro benzene ring substituents is 1. The number of carbonyl (C=O) groups excluding carboxylic acids is 2. The maximum atomic E-state index is 13.3. The molecule has 2 amide bonds. The van der Waals surface area contributed by atoms with E-state index in [1.165, 1.54) is 12.1 Å². The van der Waals surface area contributed by atoms with Gasteiger partial charge in [-0.05, 0) is 59.5 Å². The number of aryl methyl sites for hydroxylation is 2. The van der Waals surface area contributed by atoms with E-state index < -0.39 is 16.9 Å². The molecule has 0 spiro atoms. The highest BCUT2D eigenvalue weighted by atomic mass is 16.6. The molecule has 0 fully saturated rings. The topological polar surface area (TPSA) is 113 Å². The molecule has 1 unspecified atom stereocenters. The van der Waals surface area contributed by atoms with Crippen LogP contribution in [-0.2, 0) is 11.2 Å². The minimum atomic E-state index is -0.933. The summed E-state index contributed by atoms with van der Waals surface area (Å²) >= 11 is 0. The Morgan fingerprint density at radius 2 is 1.61 bits per heavy atom. The number of nitrogens with one attached hydrogen (secondary N) is 3. The number of hydrogen-bond acceptors (Lipinski definition) is 5. The molecule has 0 radical (unpaired) electrons. The van der Waals surface area contributed by atoms with Crippen LogP contribution in [0.15, 0.2) is 84.9 Å². The third-order valence-corrected chi connectivity index (χ3v) is 6.08. The summed E-state index contributed by atoms with van der Waals surface area (Å²) in [4.78, 5) is 37.0. The molecule has 3 N–H and O–H groups in total. The average Bonchev–Trinajstić information content (AvgIpc) is 2.88. The number of rotatable bonds is 8. The van der Waals surface area contributed by atoms with Crippen molar-refractivity contribution in [1.82, 2.24) is 10.7 Å². The molecular weight excluding hydrogens is 456 g/mol. The number of nitrogens with zero attached hydrogens (tertiary/aromatic N) is 1. The van der Waals surface area contributed by atoms with Crippen LogP contribution in [0.4, 0.5) is 11.4 Å². The lowest BCUT2D eigenvalue weighted by molar-refractivity contribution is -0.384. The number of nitro groups is 1. The van der Waals surface area contributed by atoms with Crippen LogP contribution in [0.1, 0.15) is 27.0 Å². The number of amides is 2. The second-order valence-electron chi connectivity index (χ2n) is 8.59. The van der Waals surface area contributed by atoms with Gasteiger partial charge in [0.2, 0.25) is 0 Å². The molecule has 8 nitrogen and oxygen atoms in total. The van der Waals surface area contributed by atoms with Crippen molar-refractivity contribution in [2.24, 2.45) is 0 Å². The number of hydrazine groups is 1. The van der Waals surface area contributed by atoms with Crippen molar-refractivity contribution in [1.29, 1.82) is 0 Å². The third kappa shape index (κ3) is 5.67. The predicted molar refractivity (Wildman–Crippen MR) is 140 cm³/mol. The highest BCUT2D eigenvalue weighted by molar-refractivity contribution is 6.08. The van der Waals surface area contributed by atoms with Crippen LogP contribution < -0.4 is 16.2 Å². The van der Waals surface area contributed by atoms with E-state index >= 15 is 0 Å². The molecule has 182 valence electrons. The maximum Gasteiger partial charge on any atom is 0.269 e. The van der Waals surface area contributed by atoms with E-state index in [9.17, 15) is 19.7 Å². The average molecular weight is 483 g/mol. The molecule has 0 saturated carbocycles. The molecule has 4 rings (SSSR count). The first-order chi connectivity index (χ1) is 17.3. The summed E-state index contributed by atoms with van der Waals surface area (Å²) in [6.07, 6.45) is 0.148. The van der Waals surface area contributed by atoms with Gasteiger partial charge in [-0.1, -0.05) is 54.6 Å². The first-order valence-electron chi connectivity index (χ1n) is 11.5. The van der Waals surface area contributed by atoms with Crippen molar-refractivity contribution in [2.75, 3.05) is 5.43 Å². The molecule has 0 aliphatic rings. The van der Waals surface area contributed by atoms with Crippen molar-refractivity contribution in [3.05, 3.63) is 117 Å². The largest absolute Gasteiger partial charge is 0.340 e. The lowest BCUT2D eigenvalue weighted by atomic mass is 10.0. The molecule has 1 atom stereocenters. The van der Waals surface area contributed by atoms with E-state index in [1.807, 2.05) is 62.4 Å². The molecular formula is C28H26N4O4. The van der Waals surface area contributed by atoms with Gasteiger partial charge in [-0.15, -0.1) is 0 Å². The van der Waals surface area contributed by atoms with Gasteiger partial charge in [0.25, 0.3) is 17.5 Å². The molecule has 8 heteroatoms. The van der Waals surface area contributed by atoms with Gasteiger partial charge < -0.3 is 5.32 Å². The van der Waals surface area contributed by atoms with E-state index in [2.05, 4.69) is 16.2 Å². The lowest BCUT2D eigenvalue weighted by Crippen LogP contribution is -2.49. The van der Waals surface area contributed by atoms with E-state index in [4.69, 9.17) is 0 Å². The molecule has 0 aliphatic carbocycles. The van der Waals surface area contributed by atoms with Crippen molar-refractivity contribution < 1.29 is 14.5 Å². The Kier molecular flexibility index (Phi) is 7.25. The van der Waals surface area contributed by atoms with Crippen molar-refractivity contribution in [2.45, 2.75) is 26.3 Å². The van der Waals surface area contributed by atoms with E-state index in [-0.39, 0.29) is 18.0 Å². The molecule has 0 bridgehead atoms. The van der Waals surface area contributed by atoms with Crippen molar-refractivity contribution >= 4 is 34.0 Å². The number of fused-ring (bicyclic) bond motifs is 1. The fraction of sp³-hybridized carbons (Fsp3) is 0.143. The molecule has 4 aromatic rings. The number of benzene rings is 4. The molecule has 36 heavy (non-hydrogen) atoms. The van der Waals surface area contributed by atoms with Crippen molar-refractivity contribution in [3.8, 4) is 0 Å². The molecule has 0 aromatic heterocycles. The van der Waals surface area contributed by atoms with E-state index in [0.29, 0.717) is 16.8 Å². The Labute approximate surface area is 208 Å². The minimum Gasteiger partial charge on any atom is -0.340 e. The van der Waals surface area contributed by atoms with E-state index in [1.54, 1.807) is 24.3 Å². The highest BCUT2D eigenvalue weighted by Crippen LogP contribution is 2.19. The quantitative estimate of drug-likeness (QED) is 0.245. The van der Waals surface area contributed by atoms with Crippen LogP contribution in [0.25, 0.3) is 10.8 Å². The highest BCUT2D eigenvalue weighted by Gasteiger charge is 2.23. The van der Waals surface area contributed by atoms with E-state index in [0.717, 1.165) is 21.9 Å². The van der Waals surface area contributed by atoms with Gasteiger partial charge >= 0.3 is 0 Å². The van der Waals surface area contributed by atoms with Crippen LogP contribution in [-0.4, -0.2) is 22.8 Å². The maximum absolute atomic E-state index is 13.3. The third-order valence-electron chi connectivity index (χ3n) is 6.08. The summed E-state index contributed by atoms with van der Waals surface area (Å²) in [5.74, 6) is -0.833. The monoisotopic (exact) mass is 482 g/mol. The van der Waals surface area contributed by atoms with Crippen LogP contribution in [0.2, 0.25) is 0 Å². The van der Waals surface area contributed by atoms with Crippen LogP contribution in [0, 0.1) is 24.0 Å². The zero-order valence-electron chi connectivity index (χ0n) is 19.9. The summed E-state index contributed by atoms with van der Waals surface area (Å²) in [6, 6.07) is 23.7. The van der Waals surface area contributed by atoms with Gasteiger partial charge in [0, 0.05) is 24.1 Å². The number of carbonyl (C=O) groups is 2. The number of non-ortho nitro benzene ring substituents is 1. The Morgan fingerprint density at radius 3 is 2.33 bits per heavy atom. The first kappa shape index (κ1) is 24.4. The number of hydrogen-bond donors (Lipinski definition) is 3. The summed E-state index contributed by atoms with van der Waals surface area (Å²) in [5.41, 5.74) is 9.57. The van der Waals surface area contributed by atoms with Gasteiger partial charge in [-0.25, -0.2) is 0 Å². The van der Waals surface area contributed by atoms with Crippen LogP contribution in [0.5, 0.6) is 0 Å². The summed E-state index contributed by atoms with van der Waals surface area (Å²) < 4.78 is 0. The van der Waals surface area contributed by atoms with Crippen LogP contribution >= 0.6 is 0 Å². The Hall–Kier alpha value is -4.72. The molecule has 0 saturated heterocycles. The Morgan fingerprint density at radius 1 is 0.889 bits per heavy atom. The van der Waals surface area contributed by atoms with Gasteiger partial charge in [0.05, 0.1) is 10.6 Å². The van der Waals surface area contributed by atoms with Crippen molar-refractivity contribution in [3.63, 3.8) is 0 Å². The minimum absolute atomic E-state index is 0.0454. The summed E-state index contributed by atoms with van der Waals surface area (Å²) in [5, 5.41) is 15.5. The normalized spacial score (nSPS) is 11.5. The predicted octanol–water partition coefficient (Wildman–Crippen LogP) is 4.85. The van der Waals surface area contributed by atoms with Gasteiger partial charge in [0.1, 0.15) is 6.04 Å². The first-order valence-corrected chi connectivity index (χ1v) is 11.5. The SMILES string of the molecule is Cc1ccc(NNC(=O)C(Cc2ccc([N+](=O)[O-])cc2)NC(=O)c2cccc3ccccc23)cc1C. The number of anilines is 1. The lowest BCUT2D eigenvalue weighted by Gasteiger charge is -2.20. The Balaban J connectivity index is 1.56. The Bertz CT molecular complexity index is 1430. The zero-order chi connectivity index (χ0) is 25.7. The standard InChI is InChI=1S/C28H26N4O4/c1-18-10-13-22(16-19(18)2)30-31-28(34)26(17-20-11-14-23(15-12-20)32(35)36)29-27(33)25-9-5-7-21-6-3-4-8-24(21)25/h3-16,26,30H,17H2,1-2H3,(H,29,33)(H,31,34). The smallest absolute Gasteiger partial charge is 0.269 e.